The lowest BCUT2D eigenvalue weighted by atomic mass is 10.2. The molecule has 3 heterocycles. The summed E-state index contributed by atoms with van der Waals surface area (Å²) in [5, 5.41) is 8.23. The third-order valence-electron chi connectivity index (χ3n) is 5.02. The van der Waals surface area contributed by atoms with Crippen LogP contribution in [0.5, 0.6) is 0 Å². The van der Waals surface area contributed by atoms with Crippen molar-refractivity contribution in [2.75, 3.05) is 13.2 Å². The maximum atomic E-state index is 13.2. The lowest BCUT2D eigenvalue weighted by Crippen LogP contribution is -2.37. The van der Waals surface area contributed by atoms with E-state index in [0.29, 0.717) is 25.3 Å². The first-order chi connectivity index (χ1) is 14.8. The number of pyridine rings is 1. The molecular weight excluding hydrogens is 378 g/mol. The summed E-state index contributed by atoms with van der Waals surface area (Å²) in [4.78, 5) is 19.0. The molecule has 0 radical (unpaired) electrons. The average molecular weight is 403 g/mol. The highest BCUT2D eigenvalue weighted by molar-refractivity contribution is 5.91. The maximum absolute atomic E-state index is 13.2. The molecule has 154 valence electrons. The van der Waals surface area contributed by atoms with Crippen LogP contribution in [0.4, 0.5) is 0 Å². The predicted molar refractivity (Wildman–Crippen MR) is 113 cm³/mol. The zero-order valence-electron chi connectivity index (χ0n) is 16.8. The number of carbonyl (C=O) groups excluding carboxylic acids is 1. The third-order valence-corrected chi connectivity index (χ3v) is 5.02. The summed E-state index contributed by atoms with van der Waals surface area (Å²) >= 11 is 0. The Morgan fingerprint density at radius 2 is 2.03 bits per heavy atom. The molecule has 1 fully saturated rings. The van der Waals surface area contributed by atoms with Gasteiger partial charge in [0.05, 0.1) is 18.8 Å². The summed E-state index contributed by atoms with van der Waals surface area (Å²) < 4.78 is 7.42. The van der Waals surface area contributed by atoms with E-state index in [9.17, 15) is 4.79 Å². The number of hydrogen-bond acceptors (Lipinski definition) is 5. The number of benzene rings is 1. The molecule has 7 heteroatoms. The van der Waals surface area contributed by atoms with Gasteiger partial charge in [0.25, 0.3) is 5.91 Å². The highest BCUT2D eigenvalue weighted by Crippen LogP contribution is 2.16. The SMILES string of the molecule is O=C(c1cn(C/C=C/c2ccccc2)nn1)N(Cc1ccncc1)C[C@@H]1CCCO1. The third kappa shape index (κ3) is 5.39. The molecule has 0 unspecified atom stereocenters. The van der Waals surface area contributed by atoms with Crippen molar-refractivity contribution in [1.82, 2.24) is 24.9 Å². The average Bonchev–Trinajstić information content (AvgIpc) is 3.47. The van der Waals surface area contributed by atoms with Crippen molar-refractivity contribution in [3.05, 3.63) is 84.0 Å². The lowest BCUT2D eigenvalue weighted by molar-refractivity contribution is 0.0502. The predicted octanol–water partition coefficient (Wildman–Crippen LogP) is 3.21. The lowest BCUT2D eigenvalue weighted by Gasteiger charge is -2.24. The molecule has 0 spiro atoms. The molecule has 2 aromatic heterocycles. The van der Waals surface area contributed by atoms with Crippen LogP contribution >= 0.6 is 0 Å². The van der Waals surface area contributed by atoms with E-state index in [1.165, 1.54) is 0 Å². The van der Waals surface area contributed by atoms with Gasteiger partial charge >= 0.3 is 0 Å². The van der Waals surface area contributed by atoms with Crippen LogP contribution in [0.15, 0.2) is 67.1 Å². The number of allylic oxidation sites excluding steroid dienone is 1. The smallest absolute Gasteiger partial charge is 0.276 e. The molecule has 1 atom stereocenters. The van der Waals surface area contributed by atoms with Crippen molar-refractivity contribution in [3.63, 3.8) is 0 Å². The Kier molecular flexibility index (Phi) is 6.61. The second kappa shape index (κ2) is 9.93. The van der Waals surface area contributed by atoms with Gasteiger partial charge in [0.1, 0.15) is 0 Å². The van der Waals surface area contributed by atoms with Crippen LogP contribution in [0.1, 0.15) is 34.5 Å². The first-order valence-electron chi connectivity index (χ1n) is 10.2. The van der Waals surface area contributed by atoms with Crippen LogP contribution in [-0.2, 0) is 17.8 Å². The highest BCUT2D eigenvalue weighted by atomic mass is 16.5. The molecule has 0 saturated carbocycles. The molecule has 1 aliphatic rings. The first-order valence-corrected chi connectivity index (χ1v) is 10.2. The topological polar surface area (TPSA) is 73.1 Å². The molecule has 1 saturated heterocycles. The molecule has 0 aliphatic carbocycles. The Hall–Kier alpha value is -3.32. The number of nitrogens with zero attached hydrogens (tertiary/aromatic N) is 5. The van der Waals surface area contributed by atoms with E-state index >= 15 is 0 Å². The van der Waals surface area contributed by atoms with Crippen LogP contribution in [0.2, 0.25) is 0 Å². The normalized spacial score (nSPS) is 16.2. The molecule has 7 nitrogen and oxygen atoms in total. The standard InChI is InChI=1S/C23H25N5O2/c29-23(22-18-28(26-25-22)14-4-8-19-6-2-1-3-7-19)27(17-21-9-5-15-30-21)16-20-10-12-24-13-11-20/h1-4,6-8,10-13,18,21H,5,9,14-17H2/b8-4+/t21-/m0/s1. The van der Waals surface area contributed by atoms with Crippen LogP contribution in [-0.4, -0.2) is 50.0 Å². The van der Waals surface area contributed by atoms with Gasteiger partial charge in [0.2, 0.25) is 0 Å². The summed E-state index contributed by atoms with van der Waals surface area (Å²) in [7, 11) is 0. The first kappa shape index (κ1) is 20.0. The van der Waals surface area contributed by atoms with Crippen molar-refractivity contribution < 1.29 is 9.53 Å². The van der Waals surface area contributed by atoms with Crippen LogP contribution in [0.3, 0.4) is 0 Å². The van der Waals surface area contributed by atoms with Crippen LogP contribution < -0.4 is 0 Å². The monoisotopic (exact) mass is 403 g/mol. The van der Waals surface area contributed by atoms with Gasteiger partial charge in [-0.3, -0.25) is 9.78 Å². The Morgan fingerprint density at radius 1 is 1.20 bits per heavy atom. The van der Waals surface area contributed by atoms with Gasteiger partial charge in [-0.1, -0.05) is 47.7 Å². The van der Waals surface area contributed by atoms with E-state index in [-0.39, 0.29) is 12.0 Å². The minimum Gasteiger partial charge on any atom is -0.376 e. The van der Waals surface area contributed by atoms with E-state index < -0.39 is 0 Å². The Morgan fingerprint density at radius 3 is 2.80 bits per heavy atom. The van der Waals surface area contributed by atoms with E-state index in [2.05, 4.69) is 15.3 Å². The number of hydrogen-bond donors (Lipinski definition) is 0. The fourth-order valence-electron chi connectivity index (χ4n) is 3.47. The maximum Gasteiger partial charge on any atom is 0.276 e. The van der Waals surface area contributed by atoms with Gasteiger partial charge in [-0.25, -0.2) is 4.68 Å². The Balaban J connectivity index is 1.43. The van der Waals surface area contributed by atoms with Gasteiger partial charge in [-0.05, 0) is 36.1 Å². The number of carbonyl (C=O) groups is 1. The molecule has 3 aromatic rings. The second-order valence-corrected chi connectivity index (χ2v) is 7.32. The molecule has 1 amide bonds. The molecule has 1 aliphatic heterocycles. The number of ether oxygens (including phenoxy) is 1. The summed E-state index contributed by atoms with van der Waals surface area (Å²) in [5.74, 6) is -0.138. The summed E-state index contributed by atoms with van der Waals surface area (Å²) in [6.07, 6.45) is 11.3. The fourth-order valence-corrected chi connectivity index (χ4v) is 3.47. The molecule has 4 rings (SSSR count). The minimum absolute atomic E-state index is 0.0691. The summed E-state index contributed by atoms with van der Waals surface area (Å²) in [6, 6.07) is 13.9. The molecule has 30 heavy (non-hydrogen) atoms. The number of aromatic nitrogens is 4. The largest absolute Gasteiger partial charge is 0.376 e. The van der Waals surface area contributed by atoms with Crippen molar-refractivity contribution in [2.24, 2.45) is 0 Å². The highest BCUT2D eigenvalue weighted by Gasteiger charge is 2.25. The van der Waals surface area contributed by atoms with Crippen LogP contribution in [0, 0.1) is 0 Å². The van der Waals surface area contributed by atoms with Crippen molar-refractivity contribution in [1.29, 1.82) is 0 Å². The molecule has 1 aromatic carbocycles. The van der Waals surface area contributed by atoms with Gasteiger partial charge in [0, 0.05) is 32.1 Å². The van der Waals surface area contributed by atoms with Crippen molar-refractivity contribution in [2.45, 2.75) is 32.0 Å². The number of rotatable bonds is 8. The van der Waals surface area contributed by atoms with Gasteiger partial charge in [-0.15, -0.1) is 5.10 Å². The van der Waals surface area contributed by atoms with E-state index in [1.54, 1.807) is 28.2 Å². The minimum atomic E-state index is -0.138. The summed E-state index contributed by atoms with van der Waals surface area (Å²) in [5.41, 5.74) is 2.48. The quantitative estimate of drug-likeness (QED) is 0.577. The van der Waals surface area contributed by atoms with E-state index in [0.717, 1.165) is 30.6 Å². The number of amides is 1. The Labute approximate surface area is 176 Å². The molecular formula is C23H25N5O2. The van der Waals surface area contributed by atoms with E-state index in [1.807, 2.05) is 54.6 Å². The van der Waals surface area contributed by atoms with Gasteiger partial charge in [0.15, 0.2) is 5.69 Å². The van der Waals surface area contributed by atoms with Crippen molar-refractivity contribution in [3.8, 4) is 0 Å². The van der Waals surface area contributed by atoms with Gasteiger partial charge < -0.3 is 9.64 Å². The van der Waals surface area contributed by atoms with Crippen LogP contribution in [0.25, 0.3) is 6.08 Å². The molecule has 0 N–H and O–H groups in total. The second-order valence-electron chi connectivity index (χ2n) is 7.32. The van der Waals surface area contributed by atoms with Gasteiger partial charge in [-0.2, -0.15) is 0 Å². The van der Waals surface area contributed by atoms with E-state index in [4.69, 9.17) is 4.74 Å². The fraction of sp³-hybridized carbons (Fsp3) is 0.304. The zero-order chi connectivity index (χ0) is 20.6. The Bertz CT molecular complexity index is 966. The zero-order valence-corrected chi connectivity index (χ0v) is 16.8. The molecule has 0 bridgehead atoms. The van der Waals surface area contributed by atoms with Crippen molar-refractivity contribution >= 4 is 12.0 Å². The summed E-state index contributed by atoms with van der Waals surface area (Å²) in [6.45, 7) is 2.33.